The maximum Gasteiger partial charge on any atom is 0.251 e. The number of rotatable bonds is 2. The minimum absolute atomic E-state index is 0.0346. The molecular weight excluding hydrogens is 204 g/mol. The van der Waals surface area contributed by atoms with Crippen LogP contribution in [0, 0.1) is 0 Å². The lowest BCUT2D eigenvalue weighted by Crippen LogP contribution is -2.29. The fourth-order valence-electron chi connectivity index (χ4n) is 1.96. The number of nitrogens with one attached hydrogen (secondary N) is 1. The molecule has 0 aromatic heterocycles. The van der Waals surface area contributed by atoms with Crippen LogP contribution in [0.4, 0.5) is 0 Å². The summed E-state index contributed by atoms with van der Waals surface area (Å²) >= 11 is 0. The van der Waals surface area contributed by atoms with Gasteiger partial charge in [-0.3, -0.25) is 4.79 Å². The molecule has 1 aliphatic heterocycles. The summed E-state index contributed by atoms with van der Waals surface area (Å²) in [5.74, 6) is 0.868. The van der Waals surface area contributed by atoms with Crippen LogP contribution in [0.1, 0.15) is 22.3 Å². The Bertz CT molecular complexity index is 445. The molecule has 2 atom stereocenters. The van der Waals surface area contributed by atoms with Gasteiger partial charge in [-0.1, -0.05) is 0 Å². The number of benzene rings is 1. The second kappa shape index (κ2) is 3.49. The van der Waals surface area contributed by atoms with E-state index < -0.39 is 0 Å². The molecule has 3 rings (SSSR count). The molecule has 1 fully saturated rings. The molecule has 2 aliphatic rings. The summed E-state index contributed by atoms with van der Waals surface area (Å²) in [5.41, 5.74) is 7.46. The lowest BCUT2D eigenvalue weighted by Gasteiger charge is -2.05. The normalized spacial score (nSPS) is 25.8. The first-order valence-corrected chi connectivity index (χ1v) is 5.56. The first-order valence-electron chi connectivity index (χ1n) is 5.56. The van der Waals surface area contributed by atoms with Crippen molar-refractivity contribution in [2.75, 3.05) is 6.61 Å². The molecule has 0 bridgehead atoms. The van der Waals surface area contributed by atoms with Gasteiger partial charge in [0, 0.05) is 24.1 Å². The molecule has 1 aliphatic carbocycles. The average Bonchev–Trinajstić information content (AvgIpc) is 2.81. The number of nitrogens with two attached hydrogens (primary N) is 1. The standard InChI is InChI=1S/C12H14N2O2/c13-9-6-10(9)14-12(15)8-1-2-11-7(5-8)3-4-16-11/h1-2,5,9-10H,3-4,6,13H2,(H,14,15). The summed E-state index contributed by atoms with van der Waals surface area (Å²) in [6.07, 6.45) is 1.78. The third-order valence-corrected chi connectivity index (χ3v) is 3.11. The van der Waals surface area contributed by atoms with Gasteiger partial charge in [0.15, 0.2) is 0 Å². The minimum atomic E-state index is -0.0346. The molecule has 3 N–H and O–H groups in total. The zero-order valence-electron chi connectivity index (χ0n) is 8.90. The van der Waals surface area contributed by atoms with E-state index >= 15 is 0 Å². The van der Waals surface area contributed by atoms with Crippen molar-refractivity contribution in [3.05, 3.63) is 29.3 Å². The molecule has 2 unspecified atom stereocenters. The van der Waals surface area contributed by atoms with E-state index in [0.29, 0.717) is 12.2 Å². The predicted molar refractivity (Wildman–Crippen MR) is 59.5 cm³/mol. The fourth-order valence-corrected chi connectivity index (χ4v) is 1.96. The number of hydrogen-bond donors (Lipinski definition) is 2. The Morgan fingerprint density at radius 1 is 1.50 bits per heavy atom. The van der Waals surface area contributed by atoms with Crippen LogP contribution in [0.2, 0.25) is 0 Å². The Morgan fingerprint density at radius 2 is 2.31 bits per heavy atom. The van der Waals surface area contributed by atoms with Gasteiger partial charge in [0.1, 0.15) is 5.75 Å². The van der Waals surface area contributed by atoms with Gasteiger partial charge < -0.3 is 15.8 Å². The molecule has 1 aromatic carbocycles. The van der Waals surface area contributed by atoms with E-state index in [1.165, 1.54) is 0 Å². The Labute approximate surface area is 93.8 Å². The molecule has 16 heavy (non-hydrogen) atoms. The zero-order valence-corrected chi connectivity index (χ0v) is 8.90. The highest BCUT2D eigenvalue weighted by Gasteiger charge is 2.34. The predicted octanol–water partition coefficient (Wildman–Crippen LogP) is 0.451. The van der Waals surface area contributed by atoms with Gasteiger partial charge in [-0.05, 0) is 30.2 Å². The highest BCUT2D eigenvalue weighted by Crippen LogP contribution is 2.26. The molecule has 1 heterocycles. The van der Waals surface area contributed by atoms with Gasteiger partial charge in [0.25, 0.3) is 5.91 Å². The number of ether oxygens (including phenoxy) is 1. The van der Waals surface area contributed by atoms with Gasteiger partial charge in [-0.15, -0.1) is 0 Å². The summed E-state index contributed by atoms with van der Waals surface area (Å²) in [5, 5.41) is 2.91. The number of fused-ring (bicyclic) bond motifs is 1. The second-order valence-electron chi connectivity index (χ2n) is 4.40. The molecule has 0 radical (unpaired) electrons. The average molecular weight is 218 g/mol. The zero-order chi connectivity index (χ0) is 11.1. The first-order chi connectivity index (χ1) is 7.74. The van der Waals surface area contributed by atoms with Crippen LogP contribution in [0.5, 0.6) is 5.75 Å². The molecule has 4 heteroatoms. The van der Waals surface area contributed by atoms with E-state index in [2.05, 4.69) is 5.32 Å². The third kappa shape index (κ3) is 1.65. The van der Waals surface area contributed by atoms with E-state index in [0.717, 1.165) is 24.2 Å². The van der Waals surface area contributed by atoms with Gasteiger partial charge in [-0.2, -0.15) is 0 Å². The second-order valence-corrected chi connectivity index (χ2v) is 4.40. The first kappa shape index (κ1) is 9.66. The monoisotopic (exact) mass is 218 g/mol. The Morgan fingerprint density at radius 3 is 3.06 bits per heavy atom. The minimum Gasteiger partial charge on any atom is -0.493 e. The maximum absolute atomic E-state index is 11.8. The van der Waals surface area contributed by atoms with Gasteiger partial charge >= 0.3 is 0 Å². The molecule has 4 nitrogen and oxygen atoms in total. The van der Waals surface area contributed by atoms with Crippen molar-refractivity contribution in [2.24, 2.45) is 5.73 Å². The maximum atomic E-state index is 11.8. The number of hydrogen-bond acceptors (Lipinski definition) is 3. The van der Waals surface area contributed by atoms with Crippen molar-refractivity contribution in [2.45, 2.75) is 24.9 Å². The summed E-state index contributed by atoms with van der Waals surface area (Å²) in [4.78, 5) is 11.8. The van der Waals surface area contributed by atoms with Crippen LogP contribution in [0.3, 0.4) is 0 Å². The highest BCUT2D eigenvalue weighted by atomic mass is 16.5. The van der Waals surface area contributed by atoms with E-state index in [1.54, 1.807) is 6.07 Å². The van der Waals surface area contributed by atoms with Crippen molar-refractivity contribution >= 4 is 5.91 Å². The summed E-state index contributed by atoms with van der Waals surface area (Å²) in [6, 6.07) is 5.88. The van der Waals surface area contributed by atoms with Crippen LogP contribution in [0.15, 0.2) is 18.2 Å². The SMILES string of the molecule is NC1CC1NC(=O)c1ccc2c(c1)CCO2. The molecule has 1 aromatic rings. The molecular formula is C12H14N2O2. The highest BCUT2D eigenvalue weighted by molar-refractivity contribution is 5.95. The smallest absolute Gasteiger partial charge is 0.251 e. The summed E-state index contributed by atoms with van der Waals surface area (Å²) in [6.45, 7) is 0.716. The van der Waals surface area contributed by atoms with Crippen molar-refractivity contribution in [1.29, 1.82) is 0 Å². The molecule has 0 spiro atoms. The Balaban J connectivity index is 1.76. The van der Waals surface area contributed by atoms with Crippen LogP contribution >= 0.6 is 0 Å². The summed E-state index contributed by atoms with van der Waals surface area (Å²) in [7, 11) is 0. The van der Waals surface area contributed by atoms with Gasteiger partial charge in [-0.25, -0.2) is 0 Å². The van der Waals surface area contributed by atoms with Gasteiger partial charge in [0.2, 0.25) is 0 Å². The third-order valence-electron chi connectivity index (χ3n) is 3.11. The van der Waals surface area contributed by atoms with E-state index in [-0.39, 0.29) is 18.0 Å². The topological polar surface area (TPSA) is 64.3 Å². The van der Waals surface area contributed by atoms with Crippen molar-refractivity contribution < 1.29 is 9.53 Å². The molecule has 1 saturated carbocycles. The Hall–Kier alpha value is -1.55. The van der Waals surface area contributed by atoms with Crippen molar-refractivity contribution in [1.82, 2.24) is 5.32 Å². The lowest BCUT2D eigenvalue weighted by molar-refractivity contribution is 0.0950. The fraction of sp³-hybridized carbons (Fsp3) is 0.417. The van der Waals surface area contributed by atoms with Gasteiger partial charge in [0.05, 0.1) is 6.61 Å². The Kier molecular flexibility index (Phi) is 2.11. The quantitative estimate of drug-likeness (QED) is 0.757. The molecule has 0 saturated heterocycles. The van der Waals surface area contributed by atoms with E-state index in [1.807, 2.05) is 12.1 Å². The van der Waals surface area contributed by atoms with Crippen LogP contribution in [-0.2, 0) is 6.42 Å². The molecule has 1 amide bonds. The van der Waals surface area contributed by atoms with E-state index in [4.69, 9.17) is 10.5 Å². The van der Waals surface area contributed by atoms with Crippen molar-refractivity contribution in [3.63, 3.8) is 0 Å². The molecule has 84 valence electrons. The van der Waals surface area contributed by atoms with Crippen molar-refractivity contribution in [3.8, 4) is 5.75 Å². The summed E-state index contributed by atoms with van der Waals surface area (Å²) < 4.78 is 5.39. The lowest BCUT2D eigenvalue weighted by atomic mass is 10.1. The largest absolute Gasteiger partial charge is 0.493 e. The number of amides is 1. The number of carbonyl (C=O) groups excluding carboxylic acids is 1. The van der Waals surface area contributed by atoms with Crippen LogP contribution in [0.25, 0.3) is 0 Å². The van der Waals surface area contributed by atoms with E-state index in [9.17, 15) is 4.79 Å². The number of carbonyl (C=O) groups is 1. The van der Waals surface area contributed by atoms with Crippen LogP contribution < -0.4 is 15.8 Å². The van der Waals surface area contributed by atoms with Crippen LogP contribution in [-0.4, -0.2) is 24.6 Å².